The molecule has 4 nitrogen and oxygen atoms in total. The maximum absolute atomic E-state index is 8.98. The Morgan fingerprint density at radius 2 is 1.70 bits per heavy atom. The van der Waals surface area contributed by atoms with Crippen LogP contribution >= 0.6 is 11.8 Å². The van der Waals surface area contributed by atoms with Crippen molar-refractivity contribution >= 4 is 22.7 Å². The van der Waals surface area contributed by atoms with E-state index in [9.17, 15) is 0 Å². The Hall–Kier alpha value is -3.49. The highest BCUT2D eigenvalue weighted by molar-refractivity contribution is 7.98. The highest BCUT2D eigenvalue weighted by atomic mass is 32.2. The van der Waals surface area contributed by atoms with Crippen LogP contribution in [0.3, 0.4) is 0 Å². The third-order valence-corrected chi connectivity index (χ3v) is 5.82. The fraction of sp³-hybridized carbons (Fsp3) is 0.120. The number of methoxy groups -OCH3 is 2. The monoisotopic (exact) mass is 412 g/mol. The summed E-state index contributed by atoms with van der Waals surface area (Å²) in [5.41, 5.74) is 4.81. The Kier molecular flexibility index (Phi) is 5.87. The highest BCUT2D eigenvalue weighted by Crippen LogP contribution is 2.39. The van der Waals surface area contributed by atoms with Crippen LogP contribution in [0.5, 0.6) is 11.5 Å². The number of hydrogen-bond acceptors (Lipinski definition) is 5. The van der Waals surface area contributed by atoms with Crippen LogP contribution in [0.1, 0.15) is 11.1 Å². The molecule has 4 rings (SSSR count). The van der Waals surface area contributed by atoms with E-state index in [1.807, 2.05) is 54.6 Å². The summed E-state index contributed by atoms with van der Waals surface area (Å²) in [6.45, 7) is 0. The summed E-state index contributed by atoms with van der Waals surface area (Å²) in [5.74, 6) is 2.21. The smallest absolute Gasteiger partial charge is 0.132 e. The molecule has 0 amide bonds. The van der Waals surface area contributed by atoms with Gasteiger partial charge in [-0.2, -0.15) is 5.26 Å². The molecular formula is C25H20N2O2S. The van der Waals surface area contributed by atoms with E-state index in [-0.39, 0.29) is 0 Å². The van der Waals surface area contributed by atoms with Crippen LogP contribution in [0.4, 0.5) is 0 Å². The summed E-state index contributed by atoms with van der Waals surface area (Å²) in [4.78, 5) is 4.88. The van der Waals surface area contributed by atoms with Crippen molar-refractivity contribution in [3.63, 3.8) is 0 Å². The molecule has 1 heterocycles. The normalized spacial score (nSPS) is 10.6. The number of thioether (sulfide) groups is 1. The number of nitriles is 1. The van der Waals surface area contributed by atoms with Crippen LogP contribution in [0.15, 0.2) is 77.8 Å². The van der Waals surface area contributed by atoms with Crippen LogP contribution in [-0.4, -0.2) is 19.2 Å². The van der Waals surface area contributed by atoms with Gasteiger partial charge in [0.05, 0.1) is 41.8 Å². The van der Waals surface area contributed by atoms with Gasteiger partial charge in [0, 0.05) is 17.9 Å². The lowest BCUT2D eigenvalue weighted by molar-refractivity contribution is 0.398. The molecule has 5 heteroatoms. The lowest BCUT2D eigenvalue weighted by atomic mass is 10.0. The largest absolute Gasteiger partial charge is 0.497 e. The second kappa shape index (κ2) is 8.89. The molecule has 30 heavy (non-hydrogen) atoms. The number of pyridine rings is 1. The molecule has 0 aliphatic heterocycles. The standard InChI is InChI=1S/C25H20N2O2S/c1-28-20-12-22-25(23(13-20)29-2)21(19-6-4-3-5-7-19)14-24(27-22)30-16-18-10-8-17(15-26)9-11-18/h3-14H,16H2,1-2H3. The van der Waals surface area contributed by atoms with Crippen LogP contribution in [0.25, 0.3) is 22.0 Å². The first-order valence-electron chi connectivity index (χ1n) is 9.46. The van der Waals surface area contributed by atoms with E-state index in [1.54, 1.807) is 26.0 Å². The average molecular weight is 413 g/mol. The topological polar surface area (TPSA) is 55.1 Å². The van der Waals surface area contributed by atoms with E-state index in [2.05, 4.69) is 24.3 Å². The highest BCUT2D eigenvalue weighted by Gasteiger charge is 2.15. The average Bonchev–Trinajstić information content (AvgIpc) is 2.82. The van der Waals surface area contributed by atoms with Crippen molar-refractivity contribution in [2.24, 2.45) is 0 Å². The van der Waals surface area contributed by atoms with Crippen LogP contribution < -0.4 is 9.47 Å². The van der Waals surface area contributed by atoms with E-state index < -0.39 is 0 Å². The van der Waals surface area contributed by atoms with Crippen LogP contribution in [0.2, 0.25) is 0 Å². The molecule has 1 aromatic heterocycles. The van der Waals surface area contributed by atoms with E-state index >= 15 is 0 Å². The predicted molar refractivity (Wildman–Crippen MR) is 121 cm³/mol. The minimum absolute atomic E-state index is 0.665. The second-order valence-electron chi connectivity index (χ2n) is 6.70. The van der Waals surface area contributed by atoms with Gasteiger partial charge in [0.2, 0.25) is 0 Å². The van der Waals surface area contributed by atoms with Crippen molar-refractivity contribution in [2.45, 2.75) is 10.8 Å². The number of rotatable bonds is 6. The van der Waals surface area contributed by atoms with E-state index in [0.29, 0.717) is 11.3 Å². The molecule has 0 unspecified atom stereocenters. The van der Waals surface area contributed by atoms with E-state index in [0.717, 1.165) is 44.1 Å². The second-order valence-corrected chi connectivity index (χ2v) is 7.69. The zero-order valence-electron chi connectivity index (χ0n) is 16.8. The summed E-state index contributed by atoms with van der Waals surface area (Å²) in [5, 5.41) is 10.9. The number of aromatic nitrogens is 1. The van der Waals surface area contributed by atoms with Crippen molar-refractivity contribution in [2.75, 3.05) is 14.2 Å². The molecule has 148 valence electrons. The molecule has 0 N–H and O–H groups in total. The fourth-order valence-corrected chi connectivity index (χ4v) is 4.18. The Balaban J connectivity index is 1.79. The number of hydrogen-bond donors (Lipinski definition) is 0. The quantitative estimate of drug-likeness (QED) is 0.359. The molecule has 0 aliphatic carbocycles. The van der Waals surface area contributed by atoms with Gasteiger partial charge in [0.1, 0.15) is 11.5 Å². The maximum atomic E-state index is 8.98. The third kappa shape index (κ3) is 4.10. The summed E-state index contributed by atoms with van der Waals surface area (Å²) >= 11 is 1.66. The van der Waals surface area contributed by atoms with Crippen molar-refractivity contribution in [3.05, 3.63) is 83.9 Å². The summed E-state index contributed by atoms with van der Waals surface area (Å²) in [7, 11) is 3.30. The van der Waals surface area contributed by atoms with Gasteiger partial charge in [-0.25, -0.2) is 4.98 Å². The lowest BCUT2D eigenvalue weighted by Gasteiger charge is -2.14. The van der Waals surface area contributed by atoms with Crippen LogP contribution in [-0.2, 0) is 5.75 Å². The zero-order valence-corrected chi connectivity index (χ0v) is 17.6. The van der Waals surface area contributed by atoms with Gasteiger partial charge in [-0.3, -0.25) is 0 Å². The molecule has 3 aromatic carbocycles. The SMILES string of the molecule is COc1cc(OC)c2c(-c3ccccc3)cc(SCc3ccc(C#N)cc3)nc2c1. The summed E-state index contributed by atoms with van der Waals surface area (Å²) in [6.07, 6.45) is 0. The van der Waals surface area contributed by atoms with Gasteiger partial charge in [-0.15, -0.1) is 11.8 Å². The van der Waals surface area contributed by atoms with E-state index in [4.69, 9.17) is 19.7 Å². The molecule has 0 bridgehead atoms. The van der Waals surface area contributed by atoms with E-state index in [1.165, 1.54) is 0 Å². The molecule has 4 aromatic rings. The molecule has 0 spiro atoms. The summed E-state index contributed by atoms with van der Waals surface area (Å²) < 4.78 is 11.1. The Morgan fingerprint density at radius 1 is 0.933 bits per heavy atom. The first-order valence-corrected chi connectivity index (χ1v) is 10.4. The zero-order chi connectivity index (χ0) is 20.9. The Morgan fingerprint density at radius 3 is 2.37 bits per heavy atom. The maximum Gasteiger partial charge on any atom is 0.132 e. The predicted octanol–water partition coefficient (Wildman–Crippen LogP) is 6.08. The fourth-order valence-electron chi connectivity index (χ4n) is 3.31. The van der Waals surface area contributed by atoms with Gasteiger partial charge in [0.15, 0.2) is 0 Å². The lowest BCUT2D eigenvalue weighted by Crippen LogP contribution is -1.94. The number of nitrogens with zero attached hydrogens (tertiary/aromatic N) is 2. The first kappa shape index (κ1) is 19.8. The number of fused-ring (bicyclic) bond motifs is 1. The molecule has 0 atom stereocenters. The minimum Gasteiger partial charge on any atom is -0.497 e. The molecule has 0 aliphatic rings. The van der Waals surface area contributed by atoms with Crippen molar-refractivity contribution in [3.8, 4) is 28.7 Å². The van der Waals surface area contributed by atoms with Gasteiger partial charge in [0.25, 0.3) is 0 Å². The number of benzene rings is 3. The minimum atomic E-state index is 0.665. The summed E-state index contributed by atoms with van der Waals surface area (Å²) in [6, 6.07) is 26.0. The molecule has 0 fully saturated rings. The van der Waals surface area contributed by atoms with Crippen molar-refractivity contribution in [1.82, 2.24) is 4.98 Å². The van der Waals surface area contributed by atoms with Gasteiger partial charge in [-0.05, 0) is 34.9 Å². The molecule has 0 radical (unpaired) electrons. The van der Waals surface area contributed by atoms with Crippen molar-refractivity contribution < 1.29 is 9.47 Å². The molecule has 0 saturated carbocycles. The third-order valence-electron chi connectivity index (χ3n) is 4.83. The van der Waals surface area contributed by atoms with Crippen LogP contribution in [0, 0.1) is 11.3 Å². The first-order chi connectivity index (χ1) is 14.7. The van der Waals surface area contributed by atoms with Gasteiger partial charge < -0.3 is 9.47 Å². The number of ether oxygens (including phenoxy) is 2. The molecule has 0 saturated heterocycles. The Bertz CT molecular complexity index is 1220. The van der Waals surface area contributed by atoms with Crippen molar-refractivity contribution in [1.29, 1.82) is 5.26 Å². The van der Waals surface area contributed by atoms with Gasteiger partial charge in [-0.1, -0.05) is 42.5 Å². The molecular weight excluding hydrogens is 392 g/mol. The van der Waals surface area contributed by atoms with Gasteiger partial charge >= 0.3 is 0 Å². The Labute approximate surface area is 180 Å².